The van der Waals surface area contributed by atoms with Crippen LogP contribution in [0.3, 0.4) is 0 Å². The minimum Gasteiger partial charge on any atom is -0.507 e. The minimum atomic E-state index is -0.602. The van der Waals surface area contributed by atoms with Gasteiger partial charge < -0.3 is 9.84 Å². The summed E-state index contributed by atoms with van der Waals surface area (Å²) in [5.74, 6) is -0.810. The molecule has 0 aliphatic heterocycles. The largest absolute Gasteiger partial charge is 0.507 e. The van der Waals surface area contributed by atoms with Gasteiger partial charge in [0, 0.05) is 0 Å². The Morgan fingerprint density at radius 3 is 2.87 bits per heavy atom. The van der Waals surface area contributed by atoms with Crippen LogP contribution in [-0.4, -0.2) is 17.7 Å². The Morgan fingerprint density at radius 2 is 2.33 bits per heavy atom. The molecule has 4 nitrogen and oxygen atoms in total. The maximum atomic E-state index is 11.4. The Hall–Kier alpha value is -1.67. The molecule has 0 aliphatic carbocycles. The summed E-state index contributed by atoms with van der Waals surface area (Å²) in [5, 5.41) is 18.0. The van der Waals surface area contributed by atoms with Crippen LogP contribution in [0.25, 0.3) is 0 Å². The summed E-state index contributed by atoms with van der Waals surface area (Å²) in [6, 6.07) is 4.41. The van der Waals surface area contributed by atoms with Gasteiger partial charge >= 0.3 is 5.97 Å². The number of carbonyl (C=O) groups is 1. The van der Waals surface area contributed by atoms with Gasteiger partial charge in [0.15, 0.2) is 0 Å². The van der Waals surface area contributed by atoms with Gasteiger partial charge in [-0.25, -0.2) is 4.79 Å². The summed E-state index contributed by atoms with van der Waals surface area (Å²) in [4.78, 5) is 11.5. The zero-order chi connectivity index (χ0) is 11.4. The third-order valence-electron chi connectivity index (χ3n) is 1.71. The molecule has 1 N–H and O–H groups in total. The zero-order valence-electron chi connectivity index (χ0n) is 8.02. The molecule has 0 unspecified atom stereocenters. The highest BCUT2D eigenvalue weighted by molar-refractivity contribution is 7.80. The number of carbonyl (C=O) groups excluding carboxylic acids is 1. The van der Waals surface area contributed by atoms with Gasteiger partial charge in [-0.1, -0.05) is 0 Å². The van der Waals surface area contributed by atoms with Gasteiger partial charge in [-0.05, 0) is 19.1 Å². The third-order valence-corrected chi connectivity index (χ3v) is 2.18. The van der Waals surface area contributed by atoms with E-state index in [-0.39, 0.29) is 28.4 Å². The molecule has 0 spiro atoms. The molecule has 0 fully saturated rings. The molecule has 0 aliphatic rings. The van der Waals surface area contributed by atoms with E-state index in [4.69, 9.17) is 10.00 Å². The second-order valence-electron chi connectivity index (χ2n) is 2.72. The van der Waals surface area contributed by atoms with E-state index in [0.717, 1.165) is 0 Å². The number of hydrogen-bond acceptors (Lipinski definition) is 5. The minimum absolute atomic E-state index is 0.0942. The summed E-state index contributed by atoms with van der Waals surface area (Å²) in [6.45, 7) is 1.90. The van der Waals surface area contributed by atoms with Crippen LogP contribution in [0, 0.1) is 11.3 Å². The number of phenolic OH excluding ortho intramolecular Hbond substituents is 1. The molecule has 15 heavy (non-hydrogen) atoms. The van der Waals surface area contributed by atoms with Crippen LogP contribution in [-0.2, 0) is 4.74 Å². The van der Waals surface area contributed by atoms with Crippen LogP contribution < -0.4 is 0 Å². The van der Waals surface area contributed by atoms with Crippen molar-refractivity contribution in [2.45, 2.75) is 11.8 Å². The summed E-state index contributed by atoms with van der Waals surface area (Å²) in [5.41, 5.74) is 0.282. The Bertz CT molecular complexity index is 437. The molecule has 1 aromatic carbocycles. The van der Waals surface area contributed by atoms with Crippen molar-refractivity contribution < 1.29 is 14.6 Å². The fraction of sp³-hybridized carbons (Fsp3) is 0.200. The Morgan fingerprint density at radius 1 is 1.67 bits per heavy atom. The molecule has 1 rings (SSSR count). The topological polar surface area (TPSA) is 70.3 Å². The van der Waals surface area contributed by atoms with Crippen molar-refractivity contribution in [1.29, 1.82) is 5.26 Å². The van der Waals surface area contributed by atoms with E-state index < -0.39 is 5.97 Å². The molecular formula is C10H9NO3S. The molecule has 0 atom stereocenters. The number of thiol groups is 1. The molecule has 1 aromatic rings. The highest BCUT2D eigenvalue weighted by Gasteiger charge is 2.15. The standard InChI is InChI=1S/C10H9NO3S/c1-2-14-10(13)7-3-6(5-11)4-8(12)9(7)15/h3-4,12,15H,2H2,1H3. The fourth-order valence-corrected chi connectivity index (χ4v) is 1.27. The Balaban J connectivity index is 3.23. The molecule has 0 saturated heterocycles. The number of phenols is 1. The van der Waals surface area contributed by atoms with E-state index >= 15 is 0 Å². The van der Waals surface area contributed by atoms with Crippen molar-refractivity contribution in [3.8, 4) is 11.8 Å². The van der Waals surface area contributed by atoms with Crippen molar-refractivity contribution in [2.75, 3.05) is 6.61 Å². The summed E-state index contributed by atoms with van der Waals surface area (Å²) < 4.78 is 4.75. The number of rotatable bonds is 2. The average Bonchev–Trinajstić information content (AvgIpc) is 2.22. The quantitative estimate of drug-likeness (QED) is 0.591. The first-order valence-electron chi connectivity index (χ1n) is 4.23. The van der Waals surface area contributed by atoms with E-state index in [2.05, 4.69) is 12.6 Å². The van der Waals surface area contributed by atoms with E-state index in [1.54, 1.807) is 6.92 Å². The predicted octanol–water partition coefficient (Wildman–Crippen LogP) is 1.73. The molecule has 0 aromatic heterocycles. The third kappa shape index (κ3) is 2.42. The Kier molecular flexibility index (Phi) is 3.58. The van der Waals surface area contributed by atoms with Crippen molar-refractivity contribution in [2.24, 2.45) is 0 Å². The van der Waals surface area contributed by atoms with Gasteiger partial charge in [-0.15, -0.1) is 12.6 Å². The number of nitriles is 1. The van der Waals surface area contributed by atoms with Gasteiger partial charge in [-0.2, -0.15) is 5.26 Å². The second kappa shape index (κ2) is 4.71. The normalized spacial score (nSPS) is 9.40. The molecule has 0 amide bonds. The Labute approximate surface area is 92.5 Å². The maximum absolute atomic E-state index is 11.4. The van der Waals surface area contributed by atoms with Gasteiger partial charge in [0.05, 0.1) is 28.7 Å². The van der Waals surface area contributed by atoms with Crippen molar-refractivity contribution in [1.82, 2.24) is 0 Å². The highest BCUT2D eigenvalue weighted by atomic mass is 32.1. The second-order valence-corrected chi connectivity index (χ2v) is 3.17. The maximum Gasteiger partial charge on any atom is 0.339 e. The summed E-state index contributed by atoms with van der Waals surface area (Å²) >= 11 is 3.97. The lowest BCUT2D eigenvalue weighted by atomic mass is 10.1. The first kappa shape index (κ1) is 11.4. The molecule has 0 heterocycles. The molecule has 0 saturated carbocycles. The summed E-state index contributed by atoms with van der Waals surface area (Å²) in [6.07, 6.45) is 0. The predicted molar refractivity (Wildman–Crippen MR) is 56.0 cm³/mol. The lowest BCUT2D eigenvalue weighted by Gasteiger charge is -2.06. The van der Waals surface area contributed by atoms with E-state index in [0.29, 0.717) is 0 Å². The average molecular weight is 223 g/mol. The first-order chi connectivity index (χ1) is 7.10. The van der Waals surface area contributed by atoms with Gasteiger partial charge in [0.25, 0.3) is 0 Å². The van der Waals surface area contributed by atoms with E-state index in [9.17, 15) is 9.90 Å². The number of benzene rings is 1. The van der Waals surface area contributed by atoms with Crippen LogP contribution in [0.4, 0.5) is 0 Å². The van der Waals surface area contributed by atoms with Crippen LogP contribution in [0.1, 0.15) is 22.8 Å². The van der Waals surface area contributed by atoms with E-state index in [1.807, 2.05) is 6.07 Å². The van der Waals surface area contributed by atoms with Crippen LogP contribution in [0.15, 0.2) is 17.0 Å². The van der Waals surface area contributed by atoms with Gasteiger partial charge in [0.1, 0.15) is 5.75 Å². The molecular weight excluding hydrogens is 214 g/mol. The number of aromatic hydroxyl groups is 1. The zero-order valence-corrected chi connectivity index (χ0v) is 8.91. The monoisotopic (exact) mass is 223 g/mol. The lowest BCUT2D eigenvalue weighted by Crippen LogP contribution is -2.06. The van der Waals surface area contributed by atoms with Crippen molar-refractivity contribution in [3.05, 3.63) is 23.3 Å². The van der Waals surface area contributed by atoms with Gasteiger partial charge in [-0.3, -0.25) is 0 Å². The molecule has 0 radical (unpaired) electrons. The summed E-state index contributed by atoms with van der Waals surface area (Å²) in [7, 11) is 0. The lowest BCUT2D eigenvalue weighted by molar-refractivity contribution is 0.0521. The SMILES string of the molecule is CCOC(=O)c1cc(C#N)cc(O)c1S. The number of nitrogens with zero attached hydrogens (tertiary/aromatic N) is 1. The van der Waals surface area contributed by atoms with Gasteiger partial charge in [0.2, 0.25) is 0 Å². The van der Waals surface area contributed by atoms with Crippen molar-refractivity contribution in [3.63, 3.8) is 0 Å². The van der Waals surface area contributed by atoms with Crippen LogP contribution in [0.5, 0.6) is 5.75 Å². The van der Waals surface area contributed by atoms with Crippen molar-refractivity contribution >= 4 is 18.6 Å². The van der Waals surface area contributed by atoms with Crippen LogP contribution in [0.2, 0.25) is 0 Å². The number of ether oxygens (including phenoxy) is 1. The molecule has 5 heteroatoms. The first-order valence-corrected chi connectivity index (χ1v) is 4.68. The van der Waals surface area contributed by atoms with Crippen LogP contribution >= 0.6 is 12.6 Å². The van der Waals surface area contributed by atoms with E-state index in [1.165, 1.54) is 12.1 Å². The number of esters is 1. The molecule has 78 valence electrons. The number of hydrogen-bond donors (Lipinski definition) is 2. The highest BCUT2D eigenvalue weighted by Crippen LogP contribution is 2.27. The fourth-order valence-electron chi connectivity index (χ4n) is 1.05. The smallest absolute Gasteiger partial charge is 0.339 e. The molecule has 0 bridgehead atoms.